The number of thiophene rings is 1. The van der Waals surface area contributed by atoms with Crippen molar-refractivity contribution in [2.24, 2.45) is 0 Å². The predicted molar refractivity (Wildman–Crippen MR) is 115 cm³/mol. The number of nitrogens with one attached hydrogen (secondary N) is 1. The minimum atomic E-state index is -0.343. The molecule has 0 aliphatic carbocycles. The lowest BCUT2D eigenvalue weighted by Gasteiger charge is -2.01. The van der Waals surface area contributed by atoms with Crippen LogP contribution in [0.2, 0.25) is 0 Å². The molecule has 0 unspecified atom stereocenters. The topological polar surface area (TPSA) is 84.7 Å². The summed E-state index contributed by atoms with van der Waals surface area (Å²) in [6.45, 7) is 0. The molecule has 0 fully saturated rings. The summed E-state index contributed by atoms with van der Waals surface area (Å²) in [5.41, 5.74) is 1.83. The van der Waals surface area contributed by atoms with Crippen LogP contribution in [0.4, 0.5) is 8.78 Å². The lowest BCUT2D eigenvalue weighted by atomic mass is 10.1. The van der Waals surface area contributed by atoms with Gasteiger partial charge in [-0.2, -0.15) is 4.98 Å². The van der Waals surface area contributed by atoms with Gasteiger partial charge in [0, 0.05) is 16.5 Å². The second-order valence-corrected chi connectivity index (χ2v) is 8.34. The van der Waals surface area contributed by atoms with Crippen LogP contribution in [0, 0.1) is 11.6 Å². The molecule has 3 aromatic heterocycles. The first-order valence-electron chi connectivity index (χ1n) is 9.05. The van der Waals surface area contributed by atoms with Gasteiger partial charge in [-0.15, -0.1) is 11.3 Å². The molecule has 10 heteroatoms. The predicted octanol–water partition coefficient (Wildman–Crippen LogP) is 5.27. The third-order valence-electron chi connectivity index (χ3n) is 4.48. The number of H-pyrrole nitrogens is 1. The van der Waals surface area contributed by atoms with Crippen LogP contribution in [0.5, 0.6) is 0 Å². The number of rotatable bonds is 5. The van der Waals surface area contributed by atoms with E-state index in [2.05, 4.69) is 20.1 Å². The average molecular weight is 454 g/mol. The third kappa shape index (κ3) is 3.99. The third-order valence-corrected chi connectivity index (χ3v) is 6.21. The van der Waals surface area contributed by atoms with Crippen LogP contribution in [0.1, 0.15) is 5.89 Å². The van der Waals surface area contributed by atoms with Crippen LogP contribution in [-0.4, -0.2) is 20.1 Å². The van der Waals surface area contributed by atoms with E-state index in [1.165, 1.54) is 47.4 Å². The maximum Gasteiger partial charge on any atom is 0.260 e. The lowest BCUT2D eigenvalue weighted by molar-refractivity contribution is 0.391. The Bertz CT molecular complexity index is 1430. The molecule has 0 aliphatic heterocycles. The van der Waals surface area contributed by atoms with Gasteiger partial charge in [0.2, 0.25) is 11.7 Å². The van der Waals surface area contributed by atoms with Crippen LogP contribution < -0.4 is 5.56 Å². The van der Waals surface area contributed by atoms with E-state index in [1.54, 1.807) is 24.3 Å². The summed E-state index contributed by atoms with van der Waals surface area (Å²) in [5, 5.41) is 6.63. The second kappa shape index (κ2) is 8.05. The Hall–Kier alpha value is -3.37. The van der Waals surface area contributed by atoms with E-state index in [-0.39, 0.29) is 17.2 Å². The fraction of sp³-hybridized carbons (Fsp3) is 0.0476. The van der Waals surface area contributed by atoms with Gasteiger partial charge < -0.3 is 9.51 Å². The molecule has 5 rings (SSSR count). The van der Waals surface area contributed by atoms with Crippen molar-refractivity contribution in [3.8, 4) is 22.5 Å². The number of nitrogens with zero attached hydrogens (tertiary/aromatic N) is 3. The summed E-state index contributed by atoms with van der Waals surface area (Å²) in [5.74, 6) is 0.334. The first kappa shape index (κ1) is 19.6. The van der Waals surface area contributed by atoms with Crippen molar-refractivity contribution >= 4 is 33.3 Å². The normalized spacial score (nSPS) is 11.3. The van der Waals surface area contributed by atoms with Crippen LogP contribution in [0.15, 0.2) is 68.4 Å². The smallest absolute Gasteiger partial charge is 0.260 e. The highest BCUT2D eigenvalue weighted by Crippen LogP contribution is 2.32. The molecule has 0 spiro atoms. The Morgan fingerprint density at radius 3 is 2.35 bits per heavy atom. The molecular weight excluding hydrogens is 442 g/mol. The Labute approximate surface area is 182 Å². The molecule has 2 aromatic carbocycles. The van der Waals surface area contributed by atoms with Gasteiger partial charge in [-0.1, -0.05) is 29.1 Å². The fourth-order valence-electron chi connectivity index (χ4n) is 3.00. The molecule has 31 heavy (non-hydrogen) atoms. The fourth-order valence-corrected chi connectivity index (χ4v) is 4.70. The molecule has 0 bridgehead atoms. The molecule has 1 N–H and O–H groups in total. The standard InChI is InChI=1S/C21H12F2N4O2S2/c22-13-5-1-11(2-6-13)15-9-30-20-17(15)19(28)25-21(26-20)31-10-16-24-18(27-29-16)12-3-7-14(23)8-4-12/h1-9H,10H2,(H,25,26,28). The van der Waals surface area contributed by atoms with Crippen molar-refractivity contribution in [1.82, 2.24) is 20.1 Å². The summed E-state index contributed by atoms with van der Waals surface area (Å²) >= 11 is 2.60. The molecule has 6 nitrogen and oxygen atoms in total. The Morgan fingerprint density at radius 2 is 1.65 bits per heavy atom. The van der Waals surface area contributed by atoms with Gasteiger partial charge in [-0.25, -0.2) is 13.8 Å². The minimum absolute atomic E-state index is 0.273. The van der Waals surface area contributed by atoms with Crippen molar-refractivity contribution in [3.05, 3.63) is 81.8 Å². The quantitative estimate of drug-likeness (QED) is 0.288. The number of halogens is 2. The van der Waals surface area contributed by atoms with E-state index < -0.39 is 0 Å². The highest BCUT2D eigenvalue weighted by Gasteiger charge is 2.15. The van der Waals surface area contributed by atoms with E-state index >= 15 is 0 Å². The highest BCUT2D eigenvalue weighted by atomic mass is 32.2. The van der Waals surface area contributed by atoms with Gasteiger partial charge >= 0.3 is 0 Å². The molecule has 0 saturated carbocycles. The van der Waals surface area contributed by atoms with Crippen molar-refractivity contribution in [1.29, 1.82) is 0 Å². The molecule has 0 aliphatic rings. The van der Waals surface area contributed by atoms with Crippen molar-refractivity contribution in [3.63, 3.8) is 0 Å². The summed E-state index contributed by atoms with van der Waals surface area (Å²) < 4.78 is 31.5. The molecule has 5 aromatic rings. The zero-order chi connectivity index (χ0) is 21.4. The van der Waals surface area contributed by atoms with Crippen molar-refractivity contribution < 1.29 is 13.3 Å². The van der Waals surface area contributed by atoms with Crippen LogP contribution in [0.25, 0.3) is 32.7 Å². The van der Waals surface area contributed by atoms with Gasteiger partial charge in [0.15, 0.2) is 5.16 Å². The molecule has 0 radical (unpaired) electrons. The first-order valence-corrected chi connectivity index (χ1v) is 10.9. The van der Waals surface area contributed by atoms with E-state index in [9.17, 15) is 13.6 Å². The van der Waals surface area contributed by atoms with Gasteiger partial charge in [0.05, 0.1) is 11.1 Å². The van der Waals surface area contributed by atoms with Crippen LogP contribution in [-0.2, 0) is 5.75 Å². The average Bonchev–Trinajstić information content (AvgIpc) is 3.41. The monoisotopic (exact) mass is 454 g/mol. The van der Waals surface area contributed by atoms with E-state index in [0.717, 1.165) is 5.56 Å². The van der Waals surface area contributed by atoms with Crippen LogP contribution in [0.3, 0.4) is 0 Å². The number of hydrogen-bond donors (Lipinski definition) is 1. The second-order valence-electron chi connectivity index (χ2n) is 6.51. The van der Waals surface area contributed by atoms with Crippen molar-refractivity contribution in [2.45, 2.75) is 10.9 Å². The zero-order valence-corrected chi connectivity index (χ0v) is 17.3. The molecular formula is C21H12F2N4O2S2. The SMILES string of the molecule is O=c1[nH]c(SCc2nc(-c3ccc(F)cc3)no2)nc2scc(-c3ccc(F)cc3)c12. The lowest BCUT2D eigenvalue weighted by Crippen LogP contribution is -2.08. The van der Waals surface area contributed by atoms with Gasteiger partial charge in [-0.3, -0.25) is 4.79 Å². The molecule has 0 saturated heterocycles. The number of aromatic amines is 1. The first-order chi connectivity index (χ1) is 15.1. The Kier molecular flexibility index (Phi) is 5.08. The zero-order valence-electron chi connectivity index (χ0n) is 15.6. The molecule has 0 atom stereocenters. The van der Waals surface area contributed by atoms with Gasteiger partial charge in [0.25, 0.3) is 5.56 Å². The Morgan fingerprint density at radius 1 is 0.968 bits per heavy atom. The highest BCUT2D eigenvalue weighted by molar-refractivity contribution is 7.98. The number of aromatic nitrogens is 4. The molecule has 0 amide bonds. The van der Waals surface area contributed by atoms with E-state index in [0.29, 0.717) is 44.0 Å². The van der Waals surface area contributed by atoms with E-state index in [4.69, 9.17) is 4.52 Å². The Balaban J connectivity index is 1.36. The van der Waals surface area contributed by atoms with E-state index in [1.807, 2.05) is 5.38 Å². The molecule has 154 valence electrons. The number of benzene rings is 2. The number of thioether (sulfide) groups is 1. The number of fused-ring (bicyclic) bond motifs is 1. The van der Waals surface area contributed by atoms with Crippen LogP contribution >= 0.6 is 23.1 Å². The number of hydrogen-bond acceptors (Lipinski definition) is 7. The summed E-state index contributed by atoms with van der Waals surface area (Å²) in [6.07, 6.45) is 0. The summed E-state index contributed by atoms with van der Waals surface area (Å²) in [4.78, 5) is 24.8. The summed E-state index contributed by atoms with van der Waals surface area (Å²) in [6, 6.07) is 11.8. The van der Waals surface area contributed by atoms with Crippen molar-refractivity contribution in [2.75, 3.05) is 0 Å². The summed E-state index contributed by atoms with van der Waals surface area (Å²) in [7, 11) is 0. The van der Waals surface area contributed by atoms with Gasteiger partial charge in [-0.05, 0) is 42.0 Å². The maximum atomic E-state index is 13.2. The van der Waals surface area contributed by atoms with Gasteiger partial charge in [0.1, 0.15) is 16.5 Å². The molecule has 3 heterocycles. The minimum Gasteiger partial charge on any atom is -0.338 e. The largest absolute Gasteiger partial charge is 0.338 e. The maximum absolute atomic E-state index is 13.2.